The Morgan fingerprint density at radius 2 is 2.15 bits per heavy atom. The second kappa shape index (κ2) is 8.53. The van der Waals surface area contributed by atoms with Crippen LogP contribution in [0.5, 0.6) is 5.75 Å². The minimum Gasteiger partial charge on any atom is -0.497 e. The third-order valence-electron chi connectivity index (χ3n) is 3.78. The normalized spacial score (nSPS) is 18.8. The van der Waals surface area contributed by atoms with Crippen molar-refractivity contribution >= 4 is 29.1 Å². The fourth-order valence-corrected chi connectivity index (χ4v) is 3.63. The van der Waals surface area contributed by atoms with Gasteiger partial charge in [-0.3, -0.25) is 9.69 Å². The molecule has 1 amide bonds. The monoisotopic (exact) mass is 369 g/mol. The van der Waals surface area contributed by atoms with Gasteiger partial charge in [-0.15, -0.1) is 11.7 Å². The maximum Gasteiger partial charge on any atom is 0.242 e. The molecule has 1 aromatic heterocycles. The van der Waals surface area contributed by atoms with Crippen molar-refractivity contribution in [3.05, 3.63) is 66.6 Å². The predicted molar refractivity (Wildman–Crippen MR) is 104 cm³/mol. The lowest BCUT2D eigenvalue weighted by molar-refractivity contribution is -0.125. The standard InChI is InChI=1S/C19H19N3O3S/c1-3-10-22-18(23)17(12-14-6-8-15(24-2)9-7-14)26-19(22)21-20-13-16-5-4-11-25-16/h3-9,11,13,17H,1,10,12H2,2H3/b20-13-,21-19-/t17-/m1/s1. The Morgan fingerprint density at radius 1 is 1.35 bits per heavy atom. The molecule has 0 saturated carbocycles. The largest absolute Gasteiger partial charge is 0.497 e. The summed E-state index contributed by atoms with van der Waals surface area (Å²) in [6.45, 7) is 4.12. The van der Waals surface area contributed by atoms with Gasteiger partial charge < -0.3 is 9.15 Å². The zero-order valence-corrected chi connectivity index (χ0v) is 15.2. The molecule has 1 aliphatic heterocycles. The first-order chi connectivity index (χ1) is 12.7. The Labute approximate surface area is 156 Å². The Balaban J connectivity index is 1.73. The Kier molecular flexibility index (Phi) is 5.91. The van der Waals surface area contributed by atoms with Crippen molar-refractivity contribution in [3.63, 3.8) is 0 Å². The van der Waals surface area contributed by atoms with Gasteiger partial charge in [0.2, 0.25) is 5.91 Å². The lowest BCUT2D eigenvalue weighted by Crippen LogP contribution is -2.32. The number of hydrogen-bond donors (Lipinski definition) is 0. The van der Waals surface area contributed by atoms with E-state index in [1.165, 1.54) is 18.0 Å². The maximum absolute atomic E-state index is 12.7. The number of amidine groups is 1. The molecule has 1 saturated heterocycles. The van der Waals surface area contributed by atoms with Crippen LogP contribution in [0.3, 0.4) is 0 Å². The van der Waals surface area contributed by atoms with E-state index in [2.05, 4.69) is 16.8 Å². The number of nitrogens with zero attached hydrogens (tertiary/aromatic N) is 3. The van der Waals surface area contributed by atoms with Crippen LogP contribution in [0.4, 0.5) is 0 Å². The fourth-order valence-electron chi connectivity index (χ4n) is 2.49. The van der Waals surface area contributed by atoms with Crippen molar-refractivity contribution in [2.45, 2.75) is 11.7 Å². The van der Waals surface area contributed by atoms with E-state index < -0.39 is 0 Å². The summed E-state index contributed by atoms with van der Waals surface area (Å²) in [6.07, 6.45) is 5.38. The van der Waals surface area contributed by atoms with Gasteiger partial charge in [0, 0.05) is 6.54 Å². The molecule has 134 valence electrons. The molecule has 7 heteroatoms. The smallest absolute Gasteiger partial charge is 0.242 e. The van der Waals surface area contributed by atoms with Crippen molar-refractivity contribution in [3.8, 4) is 5.75 Å². The average Bonchev–Trinajstić information content (AvgIpc) is 3.27. The molecular weight excluding hydrogens is 350 g/mol. The first kappa shape index (κ1) is 18.0. The van der Waals surface area contributed by atoms with Gasteiger partial charge in [0.15, 0.2) is 5.17 Å². The van der Waals surface area contributed by atoms with Gasteiger partial charge in [0.05, 0.1) is 24.8 Å². The quantitative estimate of drug-likeness (QED) is 0.426. The molecule has 0 aliphatic carbocycles. The van der Waals surface area contributed by atoms with Gasteiger partial charge >= 0.3 is 0 Å². The van der Waals surface area contributed by atoms with E-state index in [9.17, 15) is 4.79 Å². The number of ether oxygens (including phenoxy) is 1. The molecule has 0 radical (unpaired) electrons. The molecule has 0 spiro atoms. The van der Waals surface area contributed by atoms with E-state index in [0.29, 0.717) is 23.9 Å². The van der Waals surface area contributed by atoms with Gasteiger partial charge in [0.1, 0.15) is 11.5 Å². The van der Waals surface area contributed by atoms with Crippen LogP contribution in [-0.4, -0.2) is 41.1 Å². The summed E-state index contributed by atoms with van der Waals surface area (Å²) in [5, 5.41) is 8.56. The molecule has 1 fully saturated rings. The van der Waals surface area contributed by atoms with Gasteiger partial charge in [-0.1, -0.05) is 30.0 Å². The van der Waals surface area contributed by atoms with Crippen LogP contribution in [0.25, 0.3) is 0 Å². The van der Waals surface area contributed by atoms with Crippen molar-refractivity contribution < 1.29 is 13.9 Å². The summed E-state index contributed by atoms with van der Waals surface area (Å²) in [6, 6.07) is 11.3. The molecule has 1 aromatic carbocycles. The Morgan fingerprint density at radius 3 is 2.81 bits per heavy atom. The van der Waals surface area contributed by atoms with Crippen LogP contribution >= 0.6 is 11.8 Å². The lowest BCUT2D eigenvalue weighted by atomic mass is 10.1. The van der Waals surface area contributed by atoms with Gasteiger partial charge in [-0.05, 0) is 36.2 Å². The van der Waals surface area contributed by atoms with Gasteiger partial charge in [-0.25, -0.2) is 0 Å². The highest BCUT2D eigenvalue weighted by Gasteiger charge is 2.37. The van der Waals surface area contributed by atoms with Crippen molar-refractivity contribution in [1.29, 1.82) is 0 Å². The molecule has 2 aromatic rings. The van der Waals surface area contributed by atoms with Crippen LogP contribution in [0.2, 0.25) is 0 Å². The number of carbonyl (C=O) groups is 1. The van der Waals surface area contributed by atoms with Crippen LogP contribution in [0.15, 0.2) is 69.9 Å². The third-order valence-corrected chi connectivity index (χ3v) is 4.95. The van der Waals surface area contributed by atoms with E-state index in [4.69, 9.17) is 9.15 Å². The SMILES string of the molecule is C=CCN1C(=O)[C@@H](Cc2ccc(OC)cc2)S/C1=N\N=C/c1ccco1. The summed E-state index contributed by atoms with van der Waals surface area (Å²) in [5.41, 5.74) is 1.07. The molecule has 0 N–H and O–H groups in total. The Bertz CT molecular complexity index is 813. The summed E-state index contributed by atoms with van der Waals surface area (Å²) < 4.78 is 10.3. The molecule has 1 aliphatic rings. The number of rotatable bonds is 7. The highest BCUT2D eigenvalue weighted by molar-refractivity contribution is 8.15. The fraction of sp³-hybridized carbons (Fsp3) is 0.211. The minimum atomic E-state index is -0.235. The van der Waals surface area contributed by atoms with E-state index >= 15 is 0 Å². The first-order valence-corrected chi connectivity index (χ1v) is 8.95. The highest BCUT2D eigenvalue weighted by atomic mass is 32.2. The first-order valence-electron chi connectivity index (χ1n) is 8.07. The maximum atomic E-state index is 12.7. The predicted octanol–water partition coefficient (Wildman–Crippen LogP) is 3.35. The molecule has 1 atom stereocenters. The molecule has 26 heavy (non-hydrogen) atoms. The number of methoxy groups -OCH3 is 1. The number of hydrogen-bond acceptors (Lipinski definition) is 6. The van der Waals surface area contributed by atoms with Crippen LogP contribution < -0.4 is 4.74 Å². The van der Waals surface area contributed by atoms with E-state index in [1.807, 2.05) is 24.3 Å². The highest BCUT2D eigenvalue weighted by Crippen LogP contribution is 2.30. The molecule has 0 bridgehead atoms. The second-order valence-corrected chi connectivity index (χ2v) is 6.71. The van der Waals surface area contributed by atoms with Gasteiger partial charge in [-0.2, -0.15) is 5.10 Å². The molecule has 6 nitrogen and oxygen atoms in total. The van der Waals surface area contributed by atoms with Gasteiger partial charge in [0.25, 0.3) is 0 Å². The molecule has 2 heterocycles. The number of amides is 1. The minimum absolute atomic E-state index is 0.0117. The van der Waals surface area contributed by atoms with Crippen molar-refractivity contribution in [2.75, 3.05) is 13.7 Å². The summed E-state index contributed by atoms with van der Waals surface area (Å²) in [7, 11) is 1.63. The topological polar surface area (TPSA) is 67.4 Å². The lowest BCUT2D eigenvalue weighted by Gasteiger charge is -2.12. The molecule has 3 rings (SSSR count). The molecule has 0 unspecified atom stereocenters. The van der Waals surface area contributed by atoms with E-state index in [0.717, 1.165) is 11.3 Å². The van der Waals surface area contributed by atoms with Crippen LogP contribution in [0, 0.1) is 0 Å². The van der Waals surface area contributed by atoms with Crippen molar-refractivity contribution in [2.24, 2.45) is 10.2 Å². The van der Waals surface area contributed by atoms with Crippen LogP contribution in [0.1, 0.15) is 11.3 Å². The number of furan rings is 1. The zero-order valence-electron chi connectivity index (χ0n) is 14.4. The van der Waals surface area contributed by atoms with Crippen molar-refractivity contribution in [1.82, 2.24) is 4.90 Å². The van der Waals surface area contributed by atoms with Crippen LogP contribution in [-0.2, 0) is 11.2 Å². The number of thioether (sulfide) groups is 1. The Hall–Kier alpha value is -2.80. The third kappa shape index (κ3) is 4.23. The average molecular weight is 369 g/mol. The van der Waals surface area contributed by atoms with E-state index in [-0.39, 0.29) is 11.2 Å². The number of benzene rings is 1. The summed E-state index contributed by atoms with van der Waals surface area (Å²) in [4.78, 5) is 14.3. The van der Waals surface area contributed by atoms with E-state index in [1.54, 1.807) is 36.5 Å². The number of carbonyl (C=O) groups excluding carboxylic acids is 1. The second-order valence-electron chi connectivity index (χ2n) is 5.54. The summed E-state index contributed by atoms with van der Waals surface area (Å²) in [5.74, 6) is 1.41. The zero-order chi connectivity index (χ0) is 18.4. The molecular formula is C19H19N3O3S. The summed E-state index contributed by atoms with van der Waals surface area (Å²) >= 11 is 1.41.